The Hall–Kier alpha value is -1.96. The van der Waals surface area contributed by atoms with Gasteiger partial charge in [0.05, 0.1) is 0 Å². The van der Waals surface area contributed by atoms with Crippen molar-refractivity contribution in [1.82, 2.24) is 0 Å². The van der Waals surface area contributed by atoms with Crippen LogP contribution in [-0.2, 0) is 20.4 Å². The Morgan fingerprint density at radius 3 is 1.37 bits per heavy atom. The quantitative estimate of drug-likeness (QED) is 0.302. The fraction of sp³-hybridized carbons (Fsp3) is 0.176. The number of hydrogen-bond donors (Lipinski definition) is 0. The molecule has 0 saturated carbocycles. The predicted octanol–water partition coefficient (Wildman–Crippen LogP) is 3.69. The van der Waals surface area contributed by atoms with Gasteiger partial charge in [-0.25, -0.2) is 0 Å². The fourth-order valence-electron chi connectivity index (χ4n) is 6.26. The van der Waals surface area contributed by atoms with Gasteiger partial charge in [-0.05, 0) is 0 Å². The second kappa shape index (κ2) is 12.1. The number of fused-ring (bicyclic) bond motifs is 2. The monoisotopic (exact) mass is 628 g/mol. The van der Waals surface area contributed by atoms with Gasteiger partial charge in [-0.15, -0.1) is 0 Å². The van der Waals surface area contributed by atoms with E-state index in [2.05, 4.69) is 124 Å². The maximum atomic E-state index is 2.59. The average Bonchev–Trinajstić information content (AvgIpc) is 3.46. The first kappa shape index (κ1) is 29.0. The summed E-state index contributed by atoms with van der Waals surface area (Å²) in [6.45, 7) is 10.0. The Balaban J connectivity index is 0.00000168. The van der Waals surface area contributed by atoms with E-state index in [0.717, 1.165) is 12.8 Å². The second-order valence-electron chi connectivity index (χ2n) is 10.3. The van der Waals surface area contributed by atoms with Crippen molar-refractivity contribution in [3.8, 4) is 0 Å². The van der Waals surface area contributed by atoms with Gasteiger partial charge < -0.3 is 24.8 Å². The van der Waals surface area contributed by atoms with Crippen LogP contribution in [0, 0.1) is 0 Å². The van der Waals surface area contributed by atoms with Gasteiger partial charge in [-0.2, -0.15) is 0 Å². The Kier molecular flexibility index (Phi) is 9.21. The van der Waals surface area contributed by atoms with E-state index in [1.165, 1.54) is 43.8 Å². The molecule has 0 bridgehead atoms. The van der Waals surface area contributed by atoms with E-state index in [9.17, 15) is 0 Å². The molecule has 38 heavy (non-hydrogen) atoms. The molecule has 0 heterocycles. The average molecular weight is 631 g/mol. The maximum absolute atomic E-state index is 2.59. The van der Waals surface area contributed by atoms with Crippen LogP contribution in [0.5, 0.6) is 0 Å². The molecular weight excluding hydrogens is 599 g/mol. The summed E-state index contributed by atoms with van der Waals surface area (Å²) in [4.78, 5) is 0. The van der Waals surface area contributed by atoms with Crippen molar-refractivity contribution in [1.29, 1.82) is 0 Å². The third-order valence-corrected chi connectivity index (χ3v) is 25.8. The molecule has 4 aromatic carbocycles. The maximum Gasteiger partial charge on any atom is -1.00 e. The molecule has 4 aromatic rings. The van der Waals surface area contributed by atoms with Crippen LogP contribution in [0.25, 0.3) is 32.7 Å². The van der Waals surface area contributed by atoms with E-state index in [0.29, 0.717) is 0 Å². The van der Waals surface area contributed by atoms with Crippen LogP contribution in [0.3, 0.4) is 0 Å². The number of rotatable bonds is 4. The summed E-state index contributed by atoms with van der Waals surface area (Å²) in [6.07, 6.45) is 7.41. The Morgan fingerprint density at radius 2 is 0.947 bits per heavy atom. The van der Waals surface area contributed by atoms with Gasteiger partial charge in [-0.1, -0.05) is 0 Å². The first-order chi connectivity index (χ1) is 17.5. The molecule has 2 aliphatic rings. The molecule has 0 spiro atoms. The fourth-order valence-corrected chi connectivity index (χ4v) is 24.7. The first-order valence-electron chi connectivity index (χ1n) is 13.0. The van der Waals surface area contributed by atoms with Gasteiger partial charge in [0.15, 0.2) is 0 Å². The molecule has 6 rings (SSSR count). The summed E-state index contributed by atoms with van der Waals surface area (Å²) in [7, 11) is 0. The summed E-state index contributed by atoms with van der Waals surface area (Å²) in [5, 5.41) is 5.44. The van der Waals surface area contributed by atoms with Gasteiger partial charge in [0.2, 0.25) is 0 Å². The molecule has 0 amide bonds. The molecule has 0 unspecified atom stereocenters. The summed E-state index contributed by atoms with van der Waals surface area (Å²) < 4.78 is 3.70. The normalized spacial score (nSPS) is 14.6. The molecule has 0 saturated heterocycles. The van der Waals surface area contributed by atoms with E-state index >= 15 is 0 Å². The summed E-state index contributed by atoms with van der Waals surface area (Å²) in [5.41, 5.74) is 8.60. The molecule has 190 valence electrons. The van der Waals surface area contributed by atoms with Crippen LogP contribution in [0.2, 0.25) is 13.1 Å². The topological polar surface area (TPSA) is 0 Å². The zero-order valence-electron chi connectivity index (χ0n) is 22.4. The molecule has 0 fully saturated rings. The Bertz CT molecular complexity index is 1580. The minimum atomic E-state index is -1.96. The van der Waals surface area contributed by atoms with Gasteiger partial charge in [0.25, 0.3) is 0 Å². The zero-order chi connectivity index (χ0) is 24.8. The Morgan fingerprint density at radius 1 is 0.553 bits per heavy atom. The third-order valence-electron chi connectivity index (χ3n) is 8.00. The van der Waals surface area contributed by atoms with Gasteiger partial charge in [0, 0.05) is 0 Å². The van der Waals surface area contributed by atoms with Crippen molar-refractivity contribution < 1.29 is 45.2 Å². The number of hydrogen-bond acceptors (Lipinski definition) is 0. The molecule has 4 heteroatoms. The van der Waals surface area contributed by atoms with Crippen LogP contribution in [0.1, 0.15) is 37.8 Å². The summed E-state index contributed by atoms with van der Waals surface area (Å²) >= 11 is -1.96. The Labute approximate surface area is 247 Å². The predicted molar refractivity (Wildman–Crippen MR) is 156 cm³/mol. The van der Waals surface area contributed by atoms with Gasteiger partial charge in [0.1, 0.15) is 0 Å². The van der Waals surface area contributed by atoms with Crippen molar-refractivity contribution in [2.24, 2.45) is 0 Å². The molecule has 0 nitrogen and oxygen atoms in total. The third kappa shape index (κ3) is 5.02. The molecule has 0 N–H and O–H groups in total. The van der Waals surface area contributed by atoms with E-state index in [4.69, 9.17) is 0 Å². The molecule has 2 aliphatic carbocycles. The number of halogens is 2. The molecule has 0 radical (unpaired) electrons. The molecular formula is C34H32Cl2SiZr. The van der Waals surface area contributed by atoms with Crippen LogP contribution >= 0.6 is 0 Å². The van der Waals surface area contributed by atoms with Crippen molar-refractivity contribution in [3.05, 3.63) is 126 Å². The summed E-state index contributed by atoms with van der Waals surface area (Å²) in [6, 6.07) is 31.3. The van der Waals surface area contributed by atoms with Crippen molar-refractivity contribution >= 4 is 38.1 Å². The molecule has 0 aliphatic heterocycles. The zero-order valence-corrected chi connectivity index (χ0v) is 27.4. The van der Waals surface area contributed by atoms with Crippen LogP contribution in [0.4, 0.5) is 0 Å². The van der Waals surface area contributed by atoms with Crippen molar-refractivity contribution in [3.63, 3.8) is 0 Å². The van der Waals surface area contributed by atoms with E-state index in [1.54, 1.807) is 11.1 Å². The summed E-state index contributed by atoms with van der Waals surface area (Å²) in [5.74, 6) is 0. The van der Waals surface area contributed by atoms with E-state index < -0.39 is 20.4 Å². The minimum absolute atomic E-state index is 0. The van der Waals surface area contributed by atoms with Crippen LogP contribution in [0.15, 0.2) is 115 Å². The number of benzene rings is 4. The van der Waals surface area contributed by atoms with Crippen LogP contribution in [-0.4, -0.2) is 5.43 Å². The molecule has 0 atom stereocenters. The van der Waals surface area contributed by atoms with E-state index in [1.807, 2.05) is 6.56 Å². The minimum Gasteiger partial charge on any atom is -1.00 e. The largest absolute Gasteiger partial charge is 1.00 e. The van der Waals surface area contributed by atoms with Crippen molar-refractivity contribution in [2.45, 2.75) is 39.8 Å². The SMILES string of the molecule is CC1=[C]([Zr+2]([C]2=C(C)C(c3cccc4ccccc34)=CC2)=[Si](C)C)CC=C1c1cccc2ccccc12.[Cl-].[Cl-]. The number of allylic oxidation sites excluding steroid dienone is 8. The standard InChI is InChI=1S/2C16H13.C2H6Si.2ClH.Zr/c2*1-12-6-4-10-14(12)16-11-5-8-13-7-2-3-9-15(13)16;1-3-2;;;/h2*2-3,5,7-11H,4H2,1H3;1-2H3;2*1H;/q;;;;;+2/p-2. The smallest absolute Gasteiger partial charge is 1.00 e. The first-order valence-corrected chi connectivity index (χ1v) is 21.6. The van der Waals surface area contributed by atoms with Gasteiger partial charge in [-0.3, -0.25) is 0 Å². The van der Waals surface area contributed by atoms with Crippen molar-refractivity contribution in [2.75, 3.05) is 0 Å². The van der Waals surface area contributed by atoms with Gasteiger partial charge >= 0.3 is 224 Å². The molecule has 0 aromatic heterocycles. The second-order valence-corrected chi connectivity index (χ2v) is 27.4. The van der Waals surface area contributed by atoms with E-state index in [-0.39, 0.29) is 30.2 Å². The van der Waals surface area contributed by atoms with Crippen LogP contribution < -0.4 is 24.8 Å².